The summed E-state index contributed by atoms with van der Waals surface area (Å²) in [5.41, 5.74) is 4.47. The Kier molecular flexibility index (Phi) is 5.45. The first kappa shape index (κ1) is 18.3. The van der Waals surface area contributed by atoms with Gasteiger partial charge in [0.15, 0.2) is 0 Å². The quantitative estimate of drug-likeness (QED) is 0.448. The Hall–Kier alpha value is -3.03. The zero-order valence-electron chi connectivity index (χ0n) is 15.1. The van der Waals surface area contributed by atoms with Crippen LogP contribution in [-0.4, -0.2) is 28.0 Å². The molecule has 7 heteroatoms. The minimum Gasteiger partial charge on any atom is -0.465 e. The molecule has 0 aliphatic carbocycles. The maximum Gasteiger partial charge on any atom is 0.338 e. The third-order valence-electron chi connectivity index (χ3n) is 4.24. The number of thiazole rings is 1. The molecule has 28 heavy (non-hydrogen) atoms. The van der Waals surface area contributed by atoms with Gasteiger partial charge < -0.3 is 9.72 Å². The van der Waals surface area contributed by atoms with Gasteiger partial charge in [-0.15, -0.1) is 11.3 Å². The standard InChI is InChI=1S/C21H17N3O2S2/c1-26-21(25)17-3-2-14(11-18(17)15-4-8-27-13-15)10-16(20-24-7-9-28-20)12-19-22-5-6-23-19/h2-11,13H,12H2,1H3,(H,22,23). The van der Waals surface area contributed by atoms with E-state index in [-0.39, 0.29) is 5.97 Å². The average molecular weight is 408 g/mol. The van der Waals surface area contributed by atoms with Crippen LogP contribution in [0.3, 0.4) is 0 Å². The van der Waals surface area contributed by atoms with Crippen molar-refractivity contribution in [1.29, 1.82) is 0 Å². The fourth-order valence-corrected chi connectivity index (χ4v) is 4.25. The number of carbonyl (C=O) groups excluding carboxylic acids is 1. The molecule has 1 aromatic carbocycles. The average Bonchev–Trinajstić information content (AvgIpc) is 3.50. The summed E-state index contributed by atoms with van der Waals surface area (Å²) >= 11 is 3.19. The van der Waals surface area contributed by atoms with Crippen molar-refractivity contribution < 1.29 is 9.53 Å². The van der Waals surface area contributed by atoms with Crippen LogP contribution in [0.1, 0.15) is 26.8 Å². The summed E-state index contributed by atoms with van der Waals surface area (Å²) in [7, 11) is 1.40. The molecule has 3 heterocycles. The second kappa shape index (κ2) is 8.33. The van der Waals surface area contributed by atoms with E-state index in [0.717, 1.165) is 33.1 Å². The first-order chi connectivity index (χ1) is 13.7. The van der Waals surface area contributed by atoms with E-state index in [0.29, 0.717) is 12.0 Å². The van der Waals surface area contributed by atoms with Gasteiger partial charge in [0.05, 0.1) is 12.7 Å². The summed E-state index contributed by atoms with van der Waals surface area (Å²) in [6.45, 7) is 0. The fourth-order valence-electron chi connectivity index (χ4n) is 2.94. The van der Waals surface area contributed by atoms with Gasteiger partial charge in [0.1, 0.15) is 10.8 Å². The van der Waals surface area contributed by atoms with Gasteiger partial charge in [-0.05, 0) is 57.3 Å². The van der Waals surface area contributed by atoms with E-state index in [1.54, 1.807) is 35.1 Å². The molecule has 4 aromatic rings. The third kappa shape index (κ3) is 3.95. The largest absolute Gasteiger partial charge is 0.465 e. The first-order valence-corrected chi connectivity index (χ1v) is 10.4. The number of nitrogens with zero attached hydrogens (tertiary/aromatic N) is 2. The number of rotatable bonds is 6. The molecule has 4 rings (SSSR count). The highest BCUT2D eigenvalue weighted by atomic mass is 32.1. The van der Waals surface area contributed by atoms with Crippen LogP contribution in [0.4, 0.5) is 0 Å². The van der Waals surface area contributed by atoms with Crippen molar-refractivity contribution in [3.63, 3.8) is 0 Å². The SMILES string of the molecule is COC(=O)c1ccc(C=C(Cc2ncc[nH]2)c2nccs2)cc1-c1ccsc1. The Morgan fingerprint density at radius 2 is 2.14 bits per heavy atom. The van der Waals surface area contributed by atoms with Crippen molar-refractivity contribution in [2.75, 3.05) is 7.11 Å². The molecule has 0 radical (unpaired) electrons. The summed E-state index contributed by atoms with van der Waals surface area (Å²) in [5.74, 6) is 0.540. The van der Waals surface area contributed by atoms with Crippen LogP contribution in [-0.2, 0) is 11.2 Å². The van der Waals surface area contributed by atoms with E-state index in [9.17, 15) is 4.79 Å². The maximum atomic E-state index is 12.2. The summed E-state index contributed by atoms with van der Waals surface area (Å²) < 4.78 is 4.95. The van der Waals surface area contributed by atoms with E-state index in [4.69, 9.17) is 4.74 Å². The molecule has 1 N–H and O–H groups in total. The molecule has 0 aliphatic heterocycles. The molecule has 0 saturated carbocycles. The summed E-state index contributed by atoms with van der Waals surface area (Å²) in [4.78, 5) is 24.1. The predicted octanol–water partition coefficient (Wildman–Crippen LogP) is 5.16. The number of thiophene rings is 1. The first-order valence-electron chi connectivity index (χ1n) is 8.58. The van der Waals surface area contributed by atoms with E-state index in [2.05, 4.69) is 21.0 Å². The molecule has 0 amide bonds. The van der Waals surface area contributed by atoms with Crippen molar-refractivity contribution >= 4 is 40.3 Å². The number of hydrogen-bond donors (Lipinski definition) is 1. The summed E-state index contributed by atoms with van der Waals surface area (Å²) in [6.07, 6.45) is 8.10. The highest BCUT2D eigenvalue weighted by molar-refractivity contribution is 7.10. The fraction of sp³-hybridized carbons (Fsp3) is 0.0952. The van der Waals surface area contributed by atoms with Crippen molar-refractivity contribution in [2.45, 2.75) is 6.42 Å². The summed E-state index contributed by atoms with van der Waals surface area (Å²) in [5, 5.41) is 6.93. The Balaban J connectivity index is 1.78. The van der Waals surface area contributed by atoms with Gasteiger partial charge in [-0.3, -0.25) is 0 Å². The molecule has 0 fully saturated rings. The second-order valence-corrected chi connectivity index (χ2v) is 7.70. The number of aromatic nitrogens is 3. The van der Waals surface area contributed by atoms with E-state index in [1.807, 2.05) is 46.6 Å². The topological polar surface area (TPSA) is 67.9 Å². The van der Waals surface area contributed by atoms with Crippen LogP contribution in [0.2, 0.25) is 0 Å². The lowest BCUT2D eigenvalue weighted by Gasteiger charge is -2.09. The van der Waals surface area contributed by atoms with Gasteiger partial charge in [-0.2, -0.15) is 11.3 Å². The van der Waals surface area contributed by atoms with E-state index in [1.165, 1.54) is 7.11 Å². The van der Waals surface area contributed by atoms with Crippen molar-refractivity contribution in [3.05, 3.63) is 81.0 Å². The number of hydrogen-bond acceptors (Lipinski definition) is 6. The lowest BCUT2D eigenvalue weighted by atomic mass is 9.98. The van der Waals surface area contributed by atoms with Gasteiger partial charge in [-0.1, -0.05) is 6.07 Å². The van der Waals surface area contributed by atoms with Gasteiger partial charge in [0.2, 0.25) is 0 Å². The highest BCUT2D eigenvalue weighted by Crippen LogP contribution is 2.30. The molecule has 0 spiro atoms. The number of imidazole rings is 1. The lowest BCUT2D eigenvalue weighted by Crippen LogP contribution is -2.03. The van der Waals surface area contributed by atoms with Crippen LogP contribution in [0.5, 0.6) is 0 Å². The van der Waals surface area contributed by atoms with Crippen LogP contribution >= 0.6 is 22.7 Å². The number of carbonyl (C=O) groups is 1. The van der Waals surface area contributed by atoms with Gasteiger partial charge in [-0.25, -0.2) is 14.8 Å². The number of allylic oxidation sites excluding steroid dienone is 1. The maximum absolute atomic E-state index is 12.2. The molecule has 140 valence electrons. The normalized spacial score (nSPS) is 11.5. The predicted molar refractivity (Wildman–Crippen MR) is 113 cm³/mol. The van der Waals surface area contributed by atoms with E-state index < -0.39 is 0 Å². The number of H-pyrrole nitrogens is 1. The van der Waals surface area contributed by atoms with Crippen LogP contribution in [0, 0.1) is 0 Å². The minimum atomic E-state index is -0.340. The Bertz CT molecular complexity index is 1080. The molecule has 0 bridgehead atoms. The van der Waals surface area contributed by atoms with Crippen LogP contribution in [0.25, 0.3) is 22.8 Å². The van der Waals surface area contributed by atoms with E-state index >= 15 is 0 Å². The van der Waals surface area contributed by atoms with Gasteiger partial charge >= 0.3 is 5.97 Å². The Morgan fingerprint density at radius 3 is 2.82 bits per heavy atom. The van der Waals surface area contributed by atoms with Gasteiger partial charge in [0.25, 0.3) is 0 Å². The number of esters is 1. The Labute approximate surface area is 170 Å². The van der Waals surface area contributed by atoms with Crippen LogP contribution in [0.15, 0.2) is 59.0 Å². The number of nitrogens with one attached hydrogen (secondary N) is 1. The molecule has 0 aliphatic rings. The number of benzene rings is 1. The molecular weight excluding hydrogens is 390 g/mol. The van der Waals surface area contributed by atoms with Crippen LogP contribution < -0.4 is 0 Å². The molecular formula is C21H17N3O2S2. The highest BCUT2D eigenvalue weighted by Gasteiger charge is 2.15. The zero-order chi connectivity index (χ0) is 19.3. The smallest absolute Gasteiger partial charge is 0.338 e. The second-order valence-electron chi connectivity index (χ2n) is 6.03. The molecule has 0 atom stereocenters. The third-order valence-corrected chi connectivity index (χ3v) is 5.77. The minimum absolute atomic E-state index is 0.340. The Morgan fingerprint density at radius 1 is 1.21 bits per heavy atom. The van der Waals surface area contributed by atoms with Crippen molar-refractivity contribution in [1.82, 2.24) is 15.0 Å². The number of aromatic amines is 1. The molecule has 5 nitrogen and oxygen atoms in total. The monoisotopic (exact) mass is 407 g/mol. The lowest BCUT2D eigenvalue weighted by molar-refractivity contribution is 0.0601. The molecule has 3 aromatic heterocycles. The van der Waals surface area contributed by atoms with Gasteiger partial charge in [0, 0.05) is 30.4 Å². The van der Waals surface area contributed by atoms with Crippen molar-refractivity contribution in [2.24, 2.45) is 0 Å². The zero-order valence-corrected chi connectivity index (χ0v) is 16.7. The van der Waals surface area contributed by atoms with Crippen molar-refractivity contribution in [3.8, 4) is 11.1 Å². The summed E-state index contributed by atoms with van der Waals surface area (Å²) in [6, 6.07) is 7.77. The molecule has 0 saturated heterocycles. The molecule has 0 unspecified atom stereocenters. The number of ether oxygens (including phenoxy) is 1. The number of methoxy groups -OCH3 is 1.